The second kappa shape index (κ2) is 7.62. The molecule has 2 saturated heterocycles. The van der Waals surface area contributed by atoms with E-state index in [1.165, 1.54) is 0 Å². The molecule has 2 aliphatic heterocycles. The molecule has 24 heavy (non-hydrogen) atoms. The van der Waals surface area contributed by atoms with Crippen LogP contribution in [0, 0.1) is 11.3 Å². The van der Waals surface area contributed by atoms with Gasteiger partial charge in [0.15, 0.2) is 0 Å². The highest BCUT2D eigenvalue weighted by molar-refractivity contribution is 7.86. The number of hydrogen-bond donors (Lipinski definition) is 0. The minimum absolute atomic E-state index is 0.551. The number of rotatable bonds is 4. The van der Waals surface area contributed by atoms with Gasteiger partial charge < -0.3 is 0 Å². The third-order valence-corrected chi connectivity index (χ3v) is 6.79. The molecule has 0 spiro atoms. The van der Waals surface area contributed by atoms with Gasteiger partial charge in [-0.15, -0.1) is 0 Å². The number of nitriles is 1. The zero-order valence-electron chi connectivity index (χ0n) is 13.9. The van der Waals surface area contributed by atoms with Crippen LogP contribution in [-0.2, 0) is 16.8 Å². The molecule has 130 valence electrons. The topological polar surface area (TPSA) is 67.6 Å². The van der Waals surface area contributed by atoms with Crippen LogP contribution in [0.15, 0.2) is 24.3 Å². The van der Waals surface area contributed by atoms with Gasteiger partial charge in [-0.3, -0.25) is 4.90 Å². The van der Waals surface area contributed by atoms with E-state index < -0.39 is 10.2 Å². The molecule has 3 rings (SSSR count). The average molecular weight is 348 g/mol. The molecule has 1 aromatic carbocycles. The molecule has 6 nitrogen and oxygen atoms in total. The van der Waals surface area contributed by atoms with Crippen molar-refractivity contribution in [2.24, 2.45) is 0 Å². The van der Waals surface area contributed by atoms with Crippen LogP contribution in [0.3, 0.4) is 0 Å². The van der Waals surface area contributed by atoms with Crippen LogP contribution in [0.25, 0.3) is 0 Å². The van der Waals surface area contributed by atoms with E-state index in [-0.39, 0.29) is 0 Å². The standard InChI is InChI=1S/C17H24N4O2S/c18-14-16-4-6-17(7-5-16)15-19-8-3-11-21(13-12-19)24(22,23)20-9-1-2-10-20/h4-7H,1-3,8-13,15H2. The Bertz CT molecular complexity index is 690. The number of benzene rings is 1. The highest BCUT2D eigenvalue weighted by Gasteiger charge is 2.32. The summed E-state index contributed by atoms with van der Waals surface area (Å²) in [7, 11) is -3.29. The first kappa shape index (κ1) is 17.4. The second-order valence-corrected chi connectivity index (χ2v) is 8.38. The summed E-state index contributed by atoms with van der Waals surface area (Å²) in [5.74, 6) is 0. The third kappa shape index (κ3) is 3.95. The van der Waals surface area contributed by atoms with Crippen LogP contribution in [0.1, 0.15) is 30.4 Å². The Balaban J connectivity index is 1.59. The van der Waals surface area contributed by atoms with E-state index >= 15 is 0 Å². The van der Waals surface area contributed by atoms with Gasteiger partial charge in [-0.2, -0.15) is 22.3 Å². The maximum Gasteiger partial charge on any atom is 0.282 e. The Hall–Kier alpha value is -1.46. The van der Waals surface area contributed by atoms with Gasteiger partial charge in [0.1, 0.15) is 0 Å². The van der Waals surface area contributed by atoms with Crippen molar-refractivity contribution in [1.82, 2.24) is 13.5 Å². The highest BCUT2D eigenvalue weighted by Crippen LogP contribution is 2.19. The predicted molar refractivity (Wildman–Crippen MR) is 92.4 cm³/mol. The second-order valence-electron chi connectivity index (χ2n) is 6.45. The van der Waals surface area contributed by atoms with Crippen LogP contribution in [-0.4, -0.2) is 61.2 Å². The van der Waals surface area contributed by atoms with E-state index in [0.717, 1.165) is 44.5 Å². The van der Waals surface area contributed by atoms with Gasteiger partial charge in [-0.05, 0) is 43.5 Å². The Morgan fingerprint density at radius 1 is 0.875 bits per heavy atom. The lowest BCUT2D eigenvalue weighted by Gasteiger charge is -2.26. The molecule has 0 radical (unpaired) electrons. The molecule has 0 bridgehead atoms. The fraction of sp³-hybridized carbons (Fsp3) is 0.588. The lowest BCUT2D eigenvalue weighted by Crippen LogP contribution is -2.44. The molecule has 2 aliphatic rings. The minimum Gasteiger partial charge on any atom is -0.298 e. The van der Waals surface area contributed by atoms with Crippen LogP contribution in [0.5, 0.6) is 0 Å². The summed E-state index contributed by atoms with van der Waals surface area (Å²) in [5.41, 5.74) is 1.82. The normalized spacial score (nSPS) is 21.5. The molecule has 2 fully saturated rings. The molecular formula is C17H24N4O2S. The molecule has 0 unspecified atom stereocenters. The van der Waals surface area contributed by atoms with E-state index in [2.05, 4.69) is 11.0 Å². The lowest BCUT2D eigenvalue weighted by molar-refractivity contribution is 0.276. The van der Waals surface area contributed by atoms with E-state index in [9.17, 15) is 8.42 Å². The summed E-state index contributed by atoms with van der Waals surface area (Å²) in [6.45, 7) is 4.90. The lowest BCUT2D eigenvalue weighted by atomic mass is 10.1. The Labute approximate surface area is 144 Å². The molecule has 1 aromatic rings. The summed E-state index contributed by atoms with van der Waals surface area (Å²) in [4.78, 5) is 2.29. The Morgan fingerprint density at radius 2 is 1.50 bits per heavy atom. The summed E-state index contributed by atoms with van der Waals surface area (Å²) in [5, 5.41) is 8.86. The fourth-order valence-electron chi connectivity index (χ4n) is 3.36. The molecule has 7 heteroatoms. The first-order chi connectivity index (χ1) is 11.6. The van der Waals surface area contributed by atoms with Gasteiger partial charge in [0, 0.05) is 39.3 Å². The summed E-state index contributed by atoms with van der Waals surface area (Å²) < 4.78 is 28.6. The van der Waals surface area contributed by atoms with Crippen molar-refractivity contribution in [1.29, 1.82) is 5.26 Å². The van der Waals surface area contributed by atoms with Crippen LogP contribution in [0.2, 0.25) is 0 Å². The average Bonchev–Trinajstić information content (AvgIpc) is 3.04. The van der Waals surface area contributed by atoms with Gasteiger partial charge in [0.2, 0.25) is 0 Å². The molecule has 0 atom stereocenters. The summed E-state index contributed by atoms with van der Waals surface area (Å²) >= 11 is 0. The fourth-order valence-corrected chi connectivity index (χ4v) is 5.08. The molecule has 0 aromatic heterocycles. The van der Waals surface area contributed by atoms with E-state index in [1.807, 2.05) is 24.3 Å². The quantitative estimate of drug-likeness (QED) is 0.825. The predicted octanol–water partition coefficient (Wildman–Crippen LogP) is 1.41. The van der Waals surface area contributed by atoms with Crippen molar-refractivity contribution < 1.29 is 8.42 Å². The van der Waals surface area contributed by atoms with Crippen molar-refractivity contribution in [2.45, 2.75) is 25.8 Å². The van der Waals surface area contributed by atoms with E-state index in [0.29, 0.717) is 31.7 Å². The summed E-state index contributed by atoms with van der Waals surface area (Å²) in [6.07, 6.45) is 2.79. The minimum atomic E-state index is -3.29. The molecule has 0 saturated carbocycles. The van der Waals surface area contributed by atoms with Crippen LogP contribution >= 0.6 is 0 Å². The summed E-state index contributed by atoms with van der Waals surface area (Å²) in [6, 6.07) is 9.74. The van der Waals surface area contributed by atoms with Crippen molar-refractivity contribution in [3.05, 3.63) is 35.4 Å². The van der Waals surface area contributed by atoms with Crippen molar-refractivity contribution >= 4 is 10.2 Å². The van der Waals surface area contributed by atoms with Crippen LogP contribution in [0.4, 0.5) is 0 Å². The molecular weight excluding hydrogens is 324 g/mol. The van der Waals surface area contributed by atoms with Gasteiger partial charge in [-0.25, -0.2) is 0 Å². The molecule has 2 heterocycles. The van der Waals surface area contributed by atoms with Crippen molar-refractivity contribution in [3.8, 4) is 6.07 Å². The van der Waals surface area contributed by atoms with Gasteiger partial charge in [0.25, 0.3) is 10.2 Å². The first-order valence-corrected chi connectivity index (χ1v) is 9.96. The monoisotopic (exact) mass is 348 g/mol. The highest BCUT2D eigenvalue weighted by atomic mass is 32.2. The first-order valence-electron chi connectivity index (χ1n) is 8.56. The maximum atomic E-state index is 12.7. The SMILES string of the molecule is N#Cc1ccc(CN2CCCN(S(=O)(=O)N3CCCC3)CC2)cc1. The molecule has 0 amide bonds. The molecule has 0 aliphatic carbocycles. The smallest absolute Gasteiger partial charge is 0.282 e. The number of nitrogens with zero attached hydrogens (tertiary/aromatic N) is 4. The molecule has 0 N–H and O–H groups in total. The third-order valence-electron chi connectivity index (χ3n) is 4.75. The number of hydrogen-bond acceptors (Lipinski definition) is 4. The van der Waals surface area contributed by atoms with E-state index in [1.54, 1.807) is 8.61 Å². The van der Waals surface area contributed by atoms with Crippen LogP contribution < -0.4 is 0 Å². The van der Waals surface area contributed by atoms with E-state index in [4.69, 9.17) is 5.26 Å². The van der Waals surface area contributed by atoms with Crippen molar-refractivity contribution in [2.75, 3.05) is 39.3 Å². The van der Waals surface area contributed by atoms with Crippen molar-refractivity contribution in [3.63, 3.8) is 0 Å². The van der Waals surface area contributed by atoms with Gasteiger partial charge in [0.05, 0.1) is 11.6 Å². The Kier molecular flexibility index (Phi) is 5.51. The zero-order valence-corrected chi connectivity index (χ0v) is 14.7. The van der Waals surface area contributed by atoms with Gasteiger partial charge >= 0.3 is 0 Å². The largest absolute Gasteiger partial charge is 0.298 e. The Morgan fingerprint density at radius 3 is 2.17 bits per heavy atom. The maximum absolute atomic E-state index is 12.7. The zero-order chi connectivity index (χ0) is 17.0. The van der Waals surface area contributed by atoms with Gasteiger partial charge in [-0.1, -0.05) is 12.1 Å².